The Hall–Kier alpha value is -1.37. The summed E-state index contributed by atoms with van der Waals surface area (Å²) in [6.07, 6.45) is -4.98. The molecule has 1 aromatic heterocycles. The van der Waals surface area contributed by atoms with E-state index in [9.17, 15) is 22.0 Å². The predicted molar refractivity (Wildman–Crippen MR) is 67.2 cm³/mol. The van der Waals surface area contributed by atoms with Crippen LogP contribution in [-0.4, -0.2) is 15.7 Å². The van der Waals surface area contributed by atoms with E-state index >= 15 is 0 Å². The van der Waals surface area contributed by atoms with E-state index in [1.54, 1.807) is 0 Å². The number of benzene rings is 1. The van der Waals surface area contributed by atoms with Crippen LogP contribution in [0.3, 0.4) is 0 Å². The minimum Gasteiger partial charge on any atom is -0.309 e. The molecule has 21 heavy (non-hydrogen) atoms. The highest BCUT2D eigenvalue weighted by Gasteiger charge is 2.66. The van der Waals surface area contributed by atoms with Gasteiger partial charge in [0.1, 0.15) is 16.9 Å². The van der Waals surface area contributed by atoms with Gasteiger partial charge < -0.3 is 4.57 Å². The molecule has 2 aromatic rings. The second-order valence-corrected chi connectivity index (χ2v) is 5.83. The molecule has 0 N–H and O–H groups in total. The highest BCUT2D eigenvalue weighted by Crippen LogP contribution is 2.57. The second kappa shape index (κ2) is 4.32. The van der Waals surface area contributed by atoms with Gasteiger partial charge in [-0.15, -0.1) is 11.6 Å². The number of nitrogens with zero attached hydrogens (tertiary/aromatic N) is 2. The van der Waals surface area contributed by atoms with Crippen LogP contribution in [0.5, 0.6) is 0 Å². The minimum atomic E-state index is -4.58. The van der Waals surface area contributed by atoms with E-state index in [0.29, 0.717) is 0 Å². The summed E-state index contributed by atoms with van der Waals surface area (Å²) in [5.41, 5.74) is -2.76. The van der Waals surface area contributed by atoms with Gasteiger partial charge in [-0.1, -0.05) is 0 Å². The van der Waals surface area contributed by atoms with Crippen LogP contribution in [0.4, 0.5) is 22.0 Å². The zero-order chi connectivity index (χ0) is 15.6. The lowest BCUT2D eigenvalue weighted by atomic mass is 10.2. The normalized spacial score (nSPS) is 19.0. The Balaban J connectivity index is 2.40. The number of halogens is 6. The molecule has 8 heteroatoms. The summed E-state index contributed by atoms with van der Waals surface area (Å²) in [6, 6.07) is 1.99. The van der Waals surface area contributed by atoms with Gasteiger partial charge in [0.25, 0.3) is 0 Å². The van der Waals surface area contributed by atoms with E-state index < -0.39 is 34.2 Å². The van der Waals surface area contributed by atoms with Crippen LogP contribution >= 0.6 is 11.6 Å². The standard InChI is InChI=1S/C13H10ClF5N2/c1-6(14)11-20-8-3-2-7(15)9(16)10(8)21(11)12(4-5-12)13(17,18)19/h2-3,6H,4-5H2,1H3. The summed E-state index contributed by atoms with van der Waals surface area (Å²) in [5, 5.41) is -0.861. The van der Waals surface area contributed by atoms with Crippen LogP contribution in [0.2, 0.25) is 0 Å². The van der Waals surface area contributed by atoms with Crippen LogP contribution < -0.4 is 0 Å². The maximum absolute atomic E-state index is 14.0. The summed E-state index contributed by atoms with van der Waals surface area (Å²) >= 11 is 5.89. The summed E-state index contributed by atoms with van der Waals surface area (Å²) in [4.78, 5) is 3.96. The van der Waals surface area contributed by atoms with Crippen molar-refractivity contribution in [2.24, 2.45) is 0 Å². The molecule has 114 valence electrons. The van der Waals surface area contributed by atoms with Crippen LogP contribution in [0.15, 0.2) is 12.1 Å². The topological polar surface area (TPSA) is 17.8 Å². The average molecular weight is 325 g/mol. The van der Waals surface area contributed by atoms with Gasteiger partial charge in [0.2, 0.25) is 0 Å². The van der Waals surface area contributed by atoms with Crippen molar-refractivity contribution in [2.45, 2.75) is 36.9 Å². The van der Waals surface area contributed by atoms with Gasteiger partial charge >= 0.3 is 6.18 Å². The van der Waals surface area contributed by atoms with Crippen LogP contribution in [0, 0.1) is 11.6 Å². The van der Waals surface area contributed by atoms with E-state index in [1.807, 2.05) is 0 Å². The molecule has 1 aromatic carbocycles. The van der Waals surface area contributed by atoms with Crippen molar-refractivity contribution in [1.29, 1.82) is 0 Å². The summed E-state index contributed by atoms with van der Waals surface area (Å²) in [6.45, 7) is 1.44. The molecule has 1 heterocycles. The maximum Gasteiger partial charge on any atom is 0.412 e. The largest absolute Gasteiger partial charge is 0.412 e. The molecular weight excluding hydrogens is 315 g/mol. The Kier molecular flexibility index (Phi) is 2.99. The van der Waals surface area contributed by atoms with Gasteiger partial charge in [-0.05, 0) is 31.9 Å². The monoisotopic (exact) mass is 324 g/mol. The Labute approximate surface area is 121 Å². The first-order valence-electron chi connectivity index (χ1n) is 6.26. The third kappa shape index (κ3) is 1.93. The number of fused-ring (bicyclic) bond motifs is 1. The van der Waals surface area contributed by atoms with Crippen molar-refractivity contribution in [3.63, 3.8) is 0 Å². The molecule has 2 nitrogen and oxygen atoms in total. The van der Waals surface area contributed by atoms with E-state index in [2.05, 4.69) is 4.98 Å². The average Bonchev–Trinajstić information content (AvgIpc) is 3.09. The quantitative estimate of drug-likeness (QED) is 0.580. The lowest BCUT2D eigenvalue weighted by Gasteiger charge is -2.24. The number of alkyl halides is 4. The minimum absolute atomic E-state index is 0.0353. The molecule has 0 bridgehead atoms. The van der Waals surface area contributed by atoms with E-state index in [1.165, 1.54) is 6.92 Å². The van der Waals surface area contributed by atoms with E-state index in [-0.39, 0.29) is 24.2 Å². The molecule has 1 fully saturated rings. The van der Waals surface area contributed by atoms with Gasteiger partial charge in [-0.3, -0.25) is 0 Å². The molecular formula is C13H10ClF5N2. The van der Waals surface area contributed by atoms with Gasteiger partial charge in [0.15, 0.2) is 11.6 Å². The van der Waals surface area contributed by atoms with Crippen LogP contribution in [0.25, 0.3) is 11.0 Å². The Morgan fingerprint density at radius 3 is 2.38 bits per heavy atom. The first-order valence-corrected chi connectivity index (χ1v) is 6.70. The van der Waals surface area contributed by atoms with Gasteiger partial charge in [0.05, 0.1) is 10.9 Å². The van der Waals surface area contributed by atoms with Gasteiger partial charge in [0, 0.05) is 0 Å². The maximum atomic E-state index is 14.0. The van der Waals surface area contributed by atoms with E-state index in [0.717, 1.165) is 16.7 Å². The fourth-order valence-electron chi connectivity index (χ4n) is 2.57. The molecule has 0 saturated heterocycles. The zero-order valence-electron chi connectivity index (χ0n) is 10.8. The van der Waals surface area contributed by atoms with Crippen molar-refractivity contribution in [2.75, 3.05) is 0 Å². The van der Waals surface area contributed by atoms with Crippen molar-refractivity contribution in [1.82, 2.24) is 9.55 Å². The highest BCUT2D eigenvalue weighted by atomic mass is 35.5. The lowest BCUT2D eigenvalue weighted by Crippen LogP contribution is -2.36. The SMILES string of the molecule is CC(Cl)c1nc2ccc(F)c(F)c2n1C1(C(F)(F)F)CC1. The van der Waals surface area contributed by atoms with Gasteiger partial charge in [-0.2, -0.15) is 13.2 Å². The molecule has 0 spiro atoms. The van der Waals surface area contributed by atoms with Gasteiger partial charge in [-0.25, -0.2) is 13.8 Å². The fraction of sp³-hybridized carbons (Fsp3) is 0.462. The lowest BCUT2D eigenvalue weighted by molar-refractivity contribution is -0.179. The summed E-state index contributed by atoms with van der Waals surface area (Å²) in [7, 11) is 0. The van der Waals surface area contributed by atoms with Crippen molar-refractivity contribution in [3.05, 3.63) is 29.6 Å². The van der Waals surface area contributed by atoms with Crippen LogP contribution in [-0.2, 0) is 5.54 Å². The predicted octanol–water partition coefficient (Wildman–Crippen LogP) is 4.67. The van der Waals surface area contributed by atoms with E-state index in [4.69, 9.17) is 11.6 Å². The first kappa shape index (κ1) is 14.6. The molecule has 1 unspecified atom stereocenters. The third-order valence-corrected chi connectivity index (χ3v) is 3.97. The first-order chi connectivity index (χ1) is 9.69. The zero-order valence-corrected chi connectivity index (χ0v) is 11.6. The summed E-state index contributed by atoms with van der Waals surface area (Å²) < 4.78 is 68.2. The smallest absolute Gasteiger partial charge is 0.309 e. The molecule has 1 saturated carbocycles. The van der Waals surface area contributed by atoms with Crippen molar-refractivity contribution < 1.29 is 22.0 Å². The van der Waals surface area contributed by atoms with Crippen molar-refractivity contribution >= 4 is 22.6 Å². The summed E-state index contributed by atoms with van der Waals surface area (Å²) in [5.74, 6) is -2.65. The number of hydrogen-bond acceptors (Lipinski definition) is 1. The number of rotatable bonds is 2. The molecule has 1 aliphatic carbocycles. The third-order valence-electron chi connectivity index (χ3n) is 3.77. The molecule has 0 radical (unpaired) electrons. The fourth-order valence-corrected chi connectivity index (χ4v) is 2.72. The Morgan fingerprint density at radius 1 is 1.29 bits per heavy atom. The highest BCUT2D eigenvalue weighted by molar-refractivity contribution is 6.20. The second-order valence-electron chi connectivity index (χ2n) is 5.18. The van der Waals surface area contributed by atoms with Crippen LogP contribution in [0.1, 0.15) is 31.0 Å². The molecule has 1 aliphatic rings. The number of aromatic nitrogens is 2. The number of imidazole rings is 1. The molecule has 0 aliphatic heterocycles. The van der Waals surface area contributed by atoms with Crippen molar-refractivity contribution in [3.8, 4) is 0 Å². The number of hydrogen-bond donors (Lipinski definition) is 0. The molecule has 3 rings (SSSR count). The Bertz CT molecular complexity index is 715. The molecule has 0 amide bonds. The molecule has 1 atom stereocenters. The Morgan fingerprint density at radius 2 is 1.90 bits per heavy atom.